The molecular weight excluding hydrogens is 524 g/mol. The number of nitrogens with zero attached hydrogens (tertiary/aromatic N) is 3. The fraction of sp³-hybridized carbons (Fsp3) is 0.290. The monoisotopic (exact) mass is 560 g/mol. The highest BCUT2D eigenvalue weighted by atomic mass is 32.2. The topological polar surface area (TPSA) is 91.3 Å². The molecule has 8 nitrogen and oxygen atoms in total. The van der Waals surface area contributed by atoms with Crippen molar-refractivity contribution in [1.29, 1.82) is 0 Å². The van der Waals surface area contributed by atoms with Crippen molar-refractivity contribution >= 4 is 27.3 Å². The van der Waals surface area contributed by atoms with Gasteiger partial charge in [0.2, 0.25) is 0 Å². The molecule has 9 heteroatoms. The van der Waals surface area contributed by atoms with E-state index < -0.39 is 10.0 Å². The van der Waals surface area contributed by atoms with Gasteiger partial charge in [0.25, 0.3) is 15.9 Å². The van der Waals surface area contributed by atoms with Gasteiger partial charge in [-0.3, -0.25) is 19.4 Å². The van der Waals surface area contributed by atoms with E-state index in [1.807, 2.05) is 36.9 Å². The molecule has 1 aliphatic heterocycles. The molecule has 210 valence electrons. The SMILES string of the molecule is C=CN=C1C(=C)C=CC=C1S(=O)(=O)Nc1ccc(C(=O)N2CCCN(Cc3ccccc3OC(C)C)CC2)cc1. The predicted molar refractivity (Wildman–Crippen MR) is 161 cm³/mol. The second-order valence-electron chi connectivity index (χ2n) is 9.95. The minimum atomic E-state index is -3.93. The number of amides is 1. The summed E-state index contributed by atoms with van der Waals surface area (Å²) in [4.78, 5) is 21.6. The van der Waals surface area contributed by atoms with E-state index in [1.54, 1.807) is 36.4 Å². The lowest BCUT2D eigenvalue weighted by Gasteiger charge is -2.23. The number of nitrogens with one attached hydrogen (secondary N) is 1. The van der Waals surface area contributed by atoms with E-state index in [2.05, 4.69) is 33.8 Å². The van der Waals surface area contributed by atoms with E-state index in [9.17, 15) is 13.2 Å². The van der Waals surface area contributed by atoms with Crippen molar-refractivity contribution in [3.05, 3.63) is 108 Å². The Labute approximate surface area is 237 Å². The Hall–Kier alpha value is -3.95. The standard InChI is InChI=1S/C31H36N4O4S/c1-5-32-30-24(4)10-8-13-29(30)40(37,38)33-27-16-14-25(15-17-27)31(36)35-19-9-18-34(20-21-35)22-26-11-6-7-12-28(26)39-23(2)3/h5-8,10-17,23,33H,1,4,9,18-22H2,2-3H3. The van der Waals surface area contributed by atoms with Gasteiger partial charge in [-0.15, -0.1) is 0 Å². The number of ether oxygens (including phenoxy) is 1. The largest absolute Gasteiger partial charge is 0.491 e. The van der Waals surface area contributed by atoms with Crippen molar-refractivity contribution < 1.29 is 17.9 Å². The zero-order valence-corrected chi connectivity index (χ0v) is 23.9. The van der Waals surface area contributed by atoms with Crippen molar-refractivity contribution in [2.24, 2.45) is 4.99 Å². The number of rotatable bonds is 9. The summed E-state index contributed by atoms with van der Waals surface area (Å²) in [5.41, 5.74) is 2.71. The first-order valence-electron chi connectivity index (χ1n) is 13.3. The highest BCUT2D eigenvalue weighted by molar-refractivity contribution is 7.97. The Kier molecular flexibility index (Phi) is 9.39. The van der Waals surface area contributed by atoms with Gasteiger partial charge in [0.05, 0.1) is 11.8 Å². The number of hydrogen-bond donors (Lipinski definition) is 1. The third-order valence-electron chi connectivity index (χ3n) is 6.58. The van der Waals surface area contributed by atoms with Crippen LogP contribution in [0.25, 0.3) is 0 Å². The van der Waals surface area contributed by atoms with Gasteiger partial charge in [-0.2, -0.15) is 0 Å². The van der Waals surface area contributed by atoms with Crippen molar-refractivity contribution in [1.82, 2.24) is 9.80 Å². The van der Waals surface area contributed by atoms with Crippen molar-refractivity contribution in [2.75, 3.05) is 30.9 Å². The molecule has 40 heavy (non-hydrogen) atoms. The third-order valence-corrected chi connectivity index (χ3v) is 7.99. The Balaban J connectivity index is 1.38. The number of para-hydroxylation sites is 1. The van der Waals surface area contributed by atoms with E-state index in [-0.39, 0.29) is 22.6 Å². The Bertz CT molecular complexity index is 1460. The minimum absolute atomic E-state index is 0.00701. The van der Waals surface area contributed by atoms with Crippen LogP contribution in [0.15, 0.2) is 102 Å². The average molecular weight is 561 g/mol. The molecule has 0 atom stereocenters. The van der Waals surface area contributed by atoms with Gasteiger partial charge in [-0.25, -0.2) is 8.42 Å². The first-order valence-corrected chi connectivity index (χ1v) is 14.8. The number of benzene rings is 2. The van der Waals surface area contributed by atoms with E-state index in [1.165, 1.54) is 12.3 Å². The van der Waals surface area contributed by atoms with Gasteiger partial charge in [-0.05, 0) is 62.2 Å². The van der Waals surface area contributed by atoms with Crippen LogP contribution in [-0.2, 0) is 16.6 Å². The number of allylic oxidation sites excluding steroid dienone is 5. The molecular formula is C31H36N4O4S. The molecule has 2 aromatic carbocycles. The lowest BCUT2D eigenvalue weighted by molar-refractivity contribution is 0.0761. The quantitative estimate of drug-likeness (QED) is 0.458. The van der Waals surface area contributed by atoms with Gasteiger partial charge in [-0.1, -0.05) is 43.5 Å². The molecule has 1 N–H and O–H groups in total. The summed E-state index contributed by atoms with van der Waals surface area (Å²) in [5.74, 6) is 0.826. The molecule has 1 aliphatic carbocycles. The molecule has 1 fully saturated rings. The summed E-state index contributed by atoms with van der Waals surface area (Å²) in [6.45, 7) is 15.1. The molecule has 0 aromatic heterocycles. The van der Waals surface area contributed by atoms with Crippen LogP contribution in [0.3, 0.4) is 0 Å². The number of carbonyl (C=O) groups is 1. The number of hydrogen-bond acceptors (Lipinski definition) is 6. The van der Waals surface area contributed by atoms with E-state index >= 15 is 0 Å². The molecule has 1 heterocycles. The normalized spacial score (nSPS) is 17.5. The zero-order chi connectivity index (χ0) is 28.7. The minimum Gasteiger partial charge on any atom is -0.491 e. The van der Waals surface area contributed by atoms with Gasteiger partial charge >= 0.3 is 0 Å². The van der Waals surface area contributed by atoms with Crippen LogP contribution in [0.1, 0.15) is 36.2 Å². The molecule has 0 spiro atoms. The lowest BCUT2D eigenvalue weighted by atomic mass is 10.1. The van der Waals surface area contributed by atoms with Crippen LogP contribution in [0.5, 0.6) is 5.75 Å². The average Bonchev–Trinajstić information content (AvgIpc) is 3.16. The first-order chi connectivity index (χ1) is 19.2. The van der Waals surface area contributed by atoms with Crippen LogP contribution < -0.4 is 9.46 Å². The Morgan fingerprint density at radius 3 is 2.58 bits per heavy atom. The highest BCUT2D eigenvalue weighted by Gasteiger charge is 2.26. The van der Waals surface area contributed by atoms with Crippen LogP contribution in [0.2, 0.25) is 0 Å². The number of aliphatic imine (C=N–C) groups is 1. The maximum Gasteiger partial charge on any atom is 0.264 e. The maximum absolute atomic E-state index is 13.3. The molecule has 4 rings (SSSR count). The number of carbonyl (C=O) groups excluding carboxylic acids is 1. The van der Waals surface area contributed by atoms with Gasteiger partial charge in [0.15, 0.2) is 0 Å². The van der Waals surface area contributed by atoms with E-state index in [4.69, 9.17) is 4.74 Å². The molecule has 2 aromatic rings. The van der Waals surface area contributed by atoms with Gasteiger partial charge < -0.3 is 9.64 Å². The summed E-state index contributed by atoms with van der Waals surface area (Å²) in [6, 6.07) is 14.6. The fourth-order valence-electron chi connectivity index (χ4n) is 4.67. The Morgan fingerprint density at radius 1 is 1.10 bits per heavy atom. The number of sulfonamides is 1. The highest BCUT2D eigenvalue weighted by Crippen LogP contribution is 2.24. The molecule has 0 bridgehead atoms. The van der Waals surface area contributed by atoms with Gasteiger partial charge in [0, 0.05) is 55.7 Å². The zero-order valence-electron chi connectivity index (χ0n) is 23.0. The van der Waals surface area contributed by atoms with Crippen LogP contribution in [-0.4, -0.2) is 62.1 Å². The fourth-order valence-corrected chi connectivity index (χ4v) is 5.92. The molecule has 0 unspecified atom stereocenters. The predicted octanol–water partition coefficient (Wildman–Crippen LogP) is 5.16. The molecule has 0 saturated carbocycles. The van der Waals surface area contributed by atoms with E-state index in [0.29, 0.717) is 29.9 Å². The van der Waals surface area contributed by atoms with E-state index in [0.717, 1.165) is 37.4 Å². The molecule has 0 radical (unpaired) electrons. The van der Waals surface area contributed by atoms with Crippen molar-refractivity contribution in [2.45, 2.75) is 32.9 Å². The summed E-state index contributed by atoms with van der Waals surface area (Å²) < 4.78 is 34.7. The van der Waals surface area contributed by atoms with Crippen LogP contribution >= 0.6 is 0 Å². The smallest absolute Gasteiger partial charge is 0.264 e. The van der Waals surface area contributed by atoms with Crippen LogP contribution in [0.4, 0.5) is 5.69 Å². The first kappa shape index (κ1) is 29.0. The second-order valence-corrected chi connectivity index (χ2v) is 11.6. The van der Waals surface area contributed by atoms with Gasteiger partial charge in [0.1, 0.15) is 10.7 Å². The summed E-state index contributed by atoms with van der Waals surface area (Å²) in [6.07, 6.45) is 7.01. The molecule has 1 saturated heterocycles. The third kappa shape index (κ3) is 7.16. The number of anilines is 1. The lowest BCUT2D eigenvalue weighted by Crippen LogP contribution is -2.35. The Morgan fingerprint density at radius 2 is 1.85 bits per heavy atom. The van der Waals surface area contributed by atoms with Crippen LogP contribution in [0, 0.1) is 0 Å². The second kappa shape index (κ2) is 12.9. The summed E-state index contributed by atoms with van der Waals surface area (Å²) in [5, 5.41) is 0. The van der Waals surface area contributed by atoms with Crippen molar-refractivity contribution in [3.8, 4) is 5.75 Å². The maximum atomic E-state index is 13.3. The summed E-state index contributed by atoms with van der Waals surface area (Å²) in [7, 11) is -3.93. The van der Waals surface area contributed by atoms with Crippen molar-refractivity contribution in [3.63, 3.8) is 0 Å². The molecule has 2 aliphatic rings. The molecule has 1 amide bonds. The summed E-state index contributed by atoms with van der Waals surface area (Å²) >= 11 is 0.